The molecule has 0 bridgehead atoms. The first kappa shape index (κ1) is 14.7. The highest BCUT2D eigenvalue weighted by Crippen LogP contribution is 2.34. The first-order valence-electron chi connectivity index (χ1n) is 6.53. The molecule has 0 atom stereocenters. The number of carbonyl (C=O) groups excluding carboxylic acids is 1. The number of aromatic amines is 1. The third-order valence-electron chi connectivity index (χ3n) is 3.68. The molecule has 0 unspecified atom stereocenters. The summed E-state index contributed by atoms with van der Waals surface area (Å²) in [5.74, 6) is -1.73. The number of hydrogen-bond acceptors (Lipinski definition) is 3. The Labute approximate surface area is 114 Å². The summed E-state index contributed by atoms with van der Waals surface area (Å²) in [6, 6.07) is 0. The molecule has 1 fully saturated rings. The number of carbonyl (C=O) groups is 1. The van der Waals surface area contributed by atoms with Crippen molar-refractivity contribution in [3.05, 3.63) is 11.4 Å². The van der Waals surface area contributed by atoms with Gasteiger partial charge >= 0.3 is 6.18 Å². The van der Waals surface area contributed by atoms with Gasteiger partial charge in [0.2, 0.25) is 0 Å². The van der Waals surface area contributed by atoms with Gasteiger partial charge in [-0.2, -0.15) is 18.3 Å². The highest BCUT2D eigenvalue weighted by atomic mass is 19.4. The number of halogens is 3. The fourth-order valence-corrected chi connectivity index (χ4v) is 2.38. The van der Waals surface area contributed by atoms with Crippen LogP contribution in [-0.2, 0) is 6.42 Å². The number of amides is 1. The van der Waals surface area contributed by atoms with Gasteiger partial charge in [0.05, 0.1) is 17.3 Å². The molecular formula is C12H17F3N4O. The lowest BCUT2D eigenvalue weighted by molar-refractivity contribution is -0.183. The summed E-state index contributed by atoms with van der Waals surface area (Å²) < 4.78 is 37.7. The van der Waals surface area contributed by atoms with E-state index < -0.39 is 18.0 Å². The van der Waals surface area contributed by atoms with E-state index in [1.807, 2.05) is 6.92 Å². The minimum absolute atomic E-state index is 0.0692. The van der Waals surface area contributed by atoms with Crippen LogP contribution in [-0.4, -0.2) is 40.3 Å². The standard InChI is InChI=1S/C12H17F3N4O/c1-2-8-9(16)10(18-17-8)11(20)19-5-3-7(4-6-19)12(13,14)15/h7H,2-6,16H2,1H3,(H,17,18). The molecule has 112 valence electrons. The topological polar surface area (TPSA) is 75.0 Å². The van der Waals surface area contributed by atoms with Gasteiger partial charge in [-0.25, -0.2) is 0 Å². The van der Waals surface area contributed by atoms with Crippen LogP contribution in [0.2, 0.25) is 0 Å². The van der Waals surface area contributed by atoms with Crippen molar-refractivity contribution in [2.75, 3.05) is 18.8 Å². The number of nitrogens with one attached hydrogen (secondary N) is 1. The SMILES string of the molecule is CCc1[nH]nc(C(=O)N2CCC(C(F)(F)F)CC2)c1N. The molecule has 1 aliphatic heterocycles. The Morgan fingerprint density at radius 1 is 1.45 bits per heavy atom. The lowest BCUT2D eigenvalue weighted by atomic mass is 9.96. The van der Waals surface area contributed by atoms with E-state index in [4.69, 9.17) is 5.73 Å². The molecule has 1 saturated heterocycles. The predicted octanol–water partition coefficient (Wildman–Crippen LogP) is 1.97. The van der Waals surface area contributed by atoms with Crippen LogP contribution in [0.3, 0.4) is 0 Å². The van der Waals surface area contributed by atoms with Crippen LogP contribution >= 0.6 is 0 Å². The van der Waals surface area contributed by atoms with Crippen LogP contribution < -0.4 is 5.73 Å². The molecule has 0 saturated carbocycles. The van der Waals surface area contributed by atoms with Gasteiger partial charge in [0.25, 0.3) is 5.91 Å². The molecule has 3 N–H and O–H groups in total. The Morgan fingerprint density at radius 2 is 2.05 bits per heavy atom. The molecule has 1 aromatic rings. The molecule has 0 spiro atoms. The normalized spacial score (nSPS) is 17.5. The molecule has 0 aromatic carbocycles. The minimum atomic E-state index is -4.18. The Hall–Kier alpha value is -1.73. The molecule has 1 aromatic heterocycles. The number of aryl methyl sites for hydroxylation is 1. The van der Waals surface area contributed by atoms with Crippen molar-refractivity contribution in [2.45, 2.75) is 32.4 Å². The first-order valence-corrected chi connectivity index (χ1v) is 6.53. The molecule has 0 aliphatic carbocycles. The van der Waals surface area contributed by atoms with Gasteiger partial charge in [0, 0.05) is 13.1 Å². The maximum Gasteiger partial charge on any atom is 0.391 e. The molecular weight excluding hydrogens is 273 g/mol. The van der Waals surface area contributed by atoms with Crippen molar-refractivity contribution in [1.29, 1.82) is 0 Å². The smallest absolute Gasteiger partial charge is 0.391 e. The van der Waals surface area contributed by atoms with E-state index >= 15 is 0 Å². The lowest BCUT2D eigenvalue weighted by Gasteiger charge is -2.32. The van der Waals surface area contributed by atoms with Gasteiger partial charge in [-0.3, -0.25) is 9.89 Å². The third kappa shape index (κ3) is 2.73. The number of alkyl halides is 3. The fourth-order valence-electron chi connectivity index (χ4n) is 2.38. The maximum atomic E-state index is 12.6. The van der Waals surface area contributed by atoms with Crippen LogP contribution in [0.5, 0.6) is 0 Å². The summed E-state index contributed by atoms with van der Waals surface area (Å²) in [5.41, 5.74) is 6.85. The molecule has 1 amide bonds. The number of nitrogen functional groups attached to an aromatic ring is 1. The summed E-state index contributed by atoms with van der Waals surface area (Å²) >= 11 is 0. The highest BCUT2D eigenvalue weighted by Gasteiger charge is 2.42. The Bertz CT molecular complexity index is 489. The van der Waals surface area contributed by atoms with E-state index in [0.717, 1.165) is 0 Å². The zero-order valence-corrected chi connectivity index (χ0v) is 11.1. The number of likely N-dealkylation sites (tertiary alicyclic amines) is 1. The van der Waals surface area contributed by atoms with Crippen LogP contribution in [0.25, 0.3) is 0 Å². The van der Waals surface area contributed by atoms with E-state index in [9.17, 15) is 18.0 Å². The number of anilines is 1. The zero-order chi connectivity index (χ0) is 14.9. The van der Waals surface area contributed by atoms with Gasteiger partial charge in [-0.1, -0.05) is 6.92 Å². The van der Waals surface area contributed by atoms with Gasteiger partial charge in [-0.15, -0.1) is 0 Å². The minimum Gasteiger partial charge on any atom is -0.395 e. The quantitative estimate of drug-likeness (QED) is 0.874. The van der Waals surface area contributed by atoms with E-state index in [1.165, 1.54) is 4.90 Å². The Kier molecular flexibility index (Phi) is 3.92. The molecule has 0 radical (unpaired) electrons. The van der Waals surface area contributed by atoms with Crippen molar-refractivity contribution < 1.29 is 18.0 Å². The number of nitrogens with zero attached hydrogens (tertiary/aromatic N) is 2. The van der Waals surface area contributed by atoms with Gasteiger partial charge in [0.1, 0.15) is 0 Å². The van der Waals surface area contributed by atoms with Gasteiger partial charge in [-0.05, 0) is 19.3 Å². The fraction of sp³-hybridized carbons (Fsp3) is 0.667. The van der Waals surface area contributed by atoms with Crippen molar-refractivity contribution >= 4 is 11.6 Å². The van der Waals surface area contributed by atoms with Crippen molar-refractivity contribution in [1.82, 2.24) is 15.1 Å². The van der Waals surface area contributed by atoms with Crippen LogP contribution in [0.4, 0.5) is 18.9 Å². The molecule has 2 rings (SSSR count). The van der Waals surface area contributed by atoms with Crippen molar-refractivity contribution in [3.63, 3.8) is 0 Å². The number of rotatable bonds is 2. The second-order valence-electron chi connectivity index (χ2n) is 4.93. The third-order valence-corrected chi connectivity index (χ3v) is 3.68. The maximum absolute atomic E-state index is 12.6. The number of nitrogens with two attached hydrogens (primary N) is 1. The molecule has 20 heavy (non-hydrogen) atoms. The second-order valence-corrected chi connectivity index (χ2v) is 4.93. The van der Waals surface area contributed by atoms with Crippen molar-refractivity contribution in [3.8, 4) is 0 Å². The summed E-state index contributed by atoms with van der Waals surface area (Å²) in [6.07, 6.45) is -3.71. The molecule has 8 heteroatoms. The average Bonchev–Trinajstić information content (AvgIpc) is 2.78. The molecule has 1 aliphatic rings. The molecule has 2 heterocycles. The average molecular weight is 290 g/mol. The zero-order valence-electron chi connectivity index (χ0n) is 11.1. The Morgan fingerprint density at radius 3 is 2.50 bits per heavy atom. The second kappa shape index (κ2) is 5.34. The summed E-state index contributed by atoms with van der Waals surface area (Å²) in [5, 5.41) is 6.54. The number of hydrogen-bond donors (Lipinski definition) is 2. The van der Waals surface area contributed by atoms with E-state index in [2.05, 4.69) is 10.2 Å². The Balaban J connectivity index is 2.03. The van der Waals surface area contributed by atoms with Crippen LogP contribution in [0, 0.1) is 5.92 Å². The number of aromatic nitrogens is 2. The van der Waals surface area contributed by atoms with Crippen LogP contribution in [0.1, 0.15) is 35.9 Å². The predicted molar refractivity (Wildman–Crippen MR) is 67.1 cm³/mol. The summed E-state index contributed by atoms with van der Waals surface area (Å²) in [4.78, 5) is 13.6. The first-order chi connectivity index (χ1) is 9.34. The van der Waals surface area contributed by atoms with Crippen LogP contribution in [0.15, 0.2) is 0 Å². The monoisotopic (exact) mass is 290 g/mol. The van der Waals surface area contributed by atoms with Crippen molar-refractivity contribution in [2.24, 2.45) is 5.92 Å². The molecule has 5 nitrogen and oxygen atoms in total. The van der Waals surface area contributed by atoms with E-state index in [-0.39, 0.29) is 37.3 Å². The van der Waals surface area contributed by atoms with Gasteiger partial charge < -0.3 is 10.6 Å². The summed E-state index contributed by atoms with van der Waals surface area (Å²) in [6.45, 7) is 2.03. The number of H-pyrrole nitrogens is 1. The number of piperidine rings is 1. The largest absolute Gasteiger partial charge is 0.395 e. The van der Waals surface area contributed by atoms with E-state index in [0.29, 0.717) is 12.1 Å². The van der Waals surface area contributed by atoms with E-state index in [1.54, 1.807) is 0 Å². The highest BCUT2D eigenvalue weighted by molar-refractivity contribution is 5.97. The lowest BCUT2D eigenvalue weighted by Crippen LogP contribution is -2.42. The summed E-state index contributed by atoms with van der Waals surface area (Å²) in [7, 11) is 0. The van der Waals surface area contributed by atoms with Gasteiger partial charge in [0.15, 0.2) is 5.69 Å².